The van der Waals surface area contributed by atoms with Crippen molar-refractivity contribution in [1.82, 2.24) is 15.0 Å². The van der Waals surface area contributed by atoms with Crippen LogP contribution >= 0.6 is 0 Å². The quantitative estimate of drug-likeness (QED) is 0.692. The molecule has 0 spiro atoms. The number of rotatable bonds is 7. The Morgan fingerprint density at radius 3 is 2.82 bits per heavy atom. The van der Waals surface area contributed by atoms with E-state index >= 15 is 0 Å². The van der Waals surface area contributed by atoms with Crippen LogP contribution < -0.4 is 4.74 Å². The van der Waals surface area contributed by atoms with Crippen LogP contribution in [0.25, 0.3) is 0 Å². The summed E-state index contributed by atoms with van der Waals surface area (Å²) in [6.07, 6.45) is 6.45. The monoisotopic (exact) mass is 375 g/mol. The Bertz CT molecular complexity index is 913. The zero-order chi connectivity index (χ0) is 19.9. The standard InChI is InChI=1S/C21H21N5O2/c1-15-3-6-18(23-12-15)19-9-10-25-26(19)21(27)8-4-16(2)14-28-20-7-5-17(11-22)13-24-20/h3,5-7,10,12-13,19H,2,4,8-9,14H2,1H3. The summed E-state index contributed by atoms with van der Waals surface area (Å²) in [7, 11) is 0. The predicted molar refractivity (Wildman–Crippen MR) is 104 cm³/mol. The van der Waals surface area contributed by atoms with Crippen molar-refractivity contribution < 1.29 is 9.53 Å². The Morgan fingerprint density at radius 2 is 2.14 bits per heavy atom. The van der Waals surface area contributed by atoms with Gasteiger partial charge >= 0.3 is 0 Å². The first-order chi connectivity index (χ1) is 13.6. The molecule has 2 aromatic rings. The molecular weight excluding hydrogens is 354 g/mol. The highest BCUT2D eigenvalue weighted by Gasteiger charge is 2.28. The van der Waals surface area contributed by atoms with Crippen LogP contribution in [0.5, 0.6) is 5.88 Å². The van der Waals surface area contributed by atoms with Gasteiger partial charge in [-0.05, 0) is 36.6 Å². The number of ether oxygens (including phenoxy) is 1. The molecule has 0 fully saturated rings. The van der Waals surface area contributed by atoms with Crippen LogP contribution in [0.3, 0.4) is 0 Å². The van der Waals surface area contributed by atoms with Crippen LogP contribution in [0, 0.1) is 18.3 Å². The molecule has 2 aromatic heterocycles. The first kappa shape index (κ1) is 19.2. The molecule has 7 nitrogen and oxygen atoms in total. The highest BCUT2D eigenvalue weighted by molar-refractivity contribution is 5.79. The Morgan fingerprint density at radius 1 is 1.29 bits per heavy atom. The molecule has 0 N–H and O–H groups in total. The maximum Gasteiger partial charge on any atom is 0.243 e. The molecule has 0 aromatic carbocycles. The van der Waals surface area contributed by atoms with E-state index in [0.29, 0.717) is 30.7 Å². The molecule has 142 valence electrons. The zero-order valence-corrected chi connectivity index (χ0v) is 15.7. The summed E-state index contributed by atoms with van der Waals surface area (Å²) in [6.45, 7) is 6.20. The fourth-order valence-electron chi connectivity index (χ4n) is 2.75. The number of pyridine rings is 2. The van der Waals surface area contributed by atoms with E-state index in [2.05, 4.69) is 21.6 Å². The van der Waals surface area contributed by atoms with Gasteiger partial charge in [0, 0.05) is 37.5 Å². The van der Waals surface area contributed by atoms with Crippen molar-refractivity contribution in [2.45, 2.75) is 32.2 Å². The molecule has 0 saturated carbocycles. The van der Waals surface area contributed by atoms with Crippen molar-refractivity contribution in [2.24, 2.45) is 5.10 Å². The van der Waals surface area contributed by atoms with Crippen LogP contribution in [0.1, 0.15) is 42.1 Å². The minimum Gasteiger partial charge on any atom is -0.473 e. The smallest absolute Gasteiger partial charge is 0.243 e. The van der Waals surface area contributed by atoms with Gasteiger partial charge in [-0.3, -0.25) is 9.78 Å². The van der Waals surface area contributed by atoms with E-state index in [-0.39, 0.29) is 18.6 Å². The first-order valence-electron chi connectivity index (χ1n) is 8.99. The van der Waals surface area contributed by atoms with E-state index in [4.69, 9.17) is 10.00 Å². The third-order valence-electron chi connectivity index (χ3n) is 4.34. The Labute approximate surface area is 164 Å². The maximum absolute atomic E-state index is 12.6. The summed E-state index contributed by atoms with van der Waals surface area (Å²) in [6, 6.07) is 9.05. The molecule has 7 heteroatoms. The number of amides is 1. The van der Waals surface area contributed by atoms with Gasteiger partial charge in [0.2, 0.25) is 11.8 Å². The third-order valence-corrected chi connectivity index (χ3v) is 4.34. The van der Waals surface area contributed by atoms with Gasteiger partial charge in [-0.1, -0.05) is 12.6 Å². The van der Waals surface area contributed by atoms with Gasteiger partial charge in [-0.15, -0.1) is 0 Å². The second kappa shape index (κ2) is 8.91. The van der Waals surface area contributed by atoms with E-state index in [9.17, 15) is 4.79 Å². The number of hydrazone groups is 1. The van der Waals surface area contributed by atoms with Crippen LogP contribution in [0.15, 0.2) is 53.9 Å². The molecule has 1 atom stereocenters. The maximum atomic E-state index is 12.6. The number of carbonyl (C=O) groups excluding carboxylic acids is 1. The predicted octanol–water partition coefficient (Wildman–Crippen LogP) is 3.33. The van der Waals surface area contributed by atoms with Crippen LogP contribution in [0.4, 0.5) is 0 Å². The molecule has 1 amide bonds. The molecule has 1 aliphatic rings. The zero-order valence-electron chi connectivity index (χ0n) is 15.7. The fourth-order valence-corrected chi connectivity index (χ4v) is 2.75. The average molecular weight is 375 g/mol. The topological polar surface area (TPSA) is 91.5 Å². The minimum absolute atomic E-state index is 0.0706. The van der Waals surface area contributed by atoms with Gasteiger partial charge in [0.05, 0.1) is 11.3 Å². The van der Waals surface area contributed by atoms with Gasteiger partial charge in [0.25, 0.3) is 0 Å². The van der Waals surface area contributed by atoms with Crippen LogP contribution in [-0.4, -0.2) is 33.7 Å². The number of nitrogens with zero attached hydrogens (tertiary/aromatic N) is 5. The summed E-state index contributed by atoms with van der Waals surface area (Å²) in [4.78, 5) is 21.1. The lowest BCUT2D eigenvalue weighted by Gasteiger charge is -2.21. The lowest BCUT2D eigenvalue weighted by molar-refractivity contribution is -0.133. The Kier molecular flexibility index (Phi) is 6.12. The fraction of sp³-hybridized carbons (Fsp3) is 0.286. The van der Waals surface area contributed by atoms with Crippen molar-refractivity contribution >= 4 is 12.1 Å². The SMILES string of the molecule is C=C(CCC(=O)N1N=CCC1c1ccc(C)cn1)COc1ccc(C#N)cn1. The highest BCUT2D eigenvalue weighted by Crippen LogP contribution is 2.28. The summed E-state index contributed by atoms with van der Waals surface area (Å²) in [5, 5.41) is 14.5. The van der Waals surface area contributed by atoms with Crippen molar-refractivity contribution in [3.8, 4) is 11.9 Å². The number of carbonyl (C=O) groups is 1. The van der Waals surface area contributed by atoms with Gasteiger partial charge in [-0.25, -0.2) is 9.99 Å². The minimum atomic E-state index is -0.152. The Balaban J connectivity index is 1.48. The number of nitriles is 1. The highest BCUT2D eigenvalue weighted by atomic mass is 16.5. The number of hydrogen-bond acceptors (Lipinski definition) is 6. The van der Waals surface area contributed by atoms with Crippen LogP contribution in [-0.2, 0) is 4.79 Å². The lowest BCUT2D eigenvalue weighted by Crippen LogP contribution is -2.27. The van der Waals surface area contributed by atoms with Crippen molar-refractivity contribution in [3.05, 3.63) is 65.6 Å². The van der Waals surface area contributed by atoms with E-state index in [1.165, 1.54) is 11.2 Å². The van der Waals surface area contributed by atoms with E-state index in [1.807, 2.05) is 25.1 Å². The molecule has 0 radical (unpaired) electrons. The molecular formula is C21H21N5O2. The number of aryl methyl sites for hydroxylation is 1. The largest absolute Gasteiger partial charge is 0.473 e. The van der Waals surface area contributed by atoms with Crippen molar-refractivity contribution in [3.63, 3.8) is 0 Å². The number of aromatic nitrogens is 2. The summed E-state index contributed by atoms with van der Waals surface area (Å²) in [5.41, 5.74) is 3.17. The molecule has 1 unspecified atom stereocenters. The lowest BCUT2D eigenvalue weighted by atomic mass is 10.1. The molecule has 28 heavy (non-hydrogen) atoms. The summed E-state index contributed by atoms with van der Waals surface area (Å²) in [5.74, 6) is 0.347. The third kappa shape index (κ3) is 4.80. The molecule has 3 rings (SSSR count). The molecule has 1 aliphatic heterocycles. The second-order valence-electron chi connectivity index (χ2n) is 6.58. The van der Waals surface area contributed by atoms with Gasteiger partial charge in [0.1, 0.15) is 18.7 Å². The van der Waals surface area contributed by atoms with Gasteiger partial charge in [-0.2, -0.15) is 10.4 Å². The van der Waals surface area contributed by atoms with Gasteiger partial charge < -0.3 is 4.74 Å². The Hall–Kier alpha value is -3.53. The molecule has 3 heterocycles. The van der Waals surface area contributed by atoms with E-state index < -0.39 is 0 Å². The van der Waals surface area contributed by atoms with E-state index in [1.54, 1.807) is 24.5 Å². The summed E-state index contributed by atoms with van der Waals surface area (Å²) >= 11 is 0. The average Bonchev–Trinajstić information content (AvgIpc) is 3.21. The molecule has 0 saturated heterocycles. The van der Waals surface area contributed by atoms with Gasteiger partial charge in [0.15, 0.2) is 0 Å². The molecule has 0 bridgehead atoms. The summed E-state index contributed by atoms with van der Waals surface area (Å²) < 4.78 is 5.54. The molecule has 0 aliphatic carbocycles. The number of hydrogen-bond donors (Lipinski definition) is 0. The van der Waals surface area contributed by atoms with E-state index in [0.717, 1.165) is 16.8 Å². The van der Waals surface area contributed by atoms with Crippen LogP contribution in [0.2, 0.25) is 0 Å². The van der Waals surface area contributed by atoms with Crippen molar-refractivity contribution in [1.29, 1.82) is 5.26 Å². The van der Waals surface area contributed by atoms with Crippen molar-refractivity contribution in [2.75, 3.05) is 6.61 Å². The first-order valence-corrected chi connectivity index (χ1v) is 8.99. The normalized spacial score (nSPS) is 15.3. The second-order valence-corrected chi connectivity index (χ2v) is 6.58.